The molecule has 0 radical (unpaired) electrons. The van der Waals surface area contributed by atoms with Crippen LogP contribution >= 0.6 is 0 Å². The highest BCUT2D eigenvalue weighted by Gasteiger charge is 2.49. The number of hydrogen-bond acceptors (Lipinski definition) is 1. The summed E-state index contributed by atoms with van der Waals surface area (Å²) in [5.74, 6) is 1.70. The van der Waals surface area contributed by atoms with Crippen LogP contribution in [0.1, 0.15) is 46.0 Å². The molecular weight excluding hydrogens is 196 g/mol. The number of aliphatic hydroxyl groups is 1. The fourth-order valence-corrected chi connectivity index (χ4v) is 3.65. The topological polar surface area (TPSA) is 20.2 Å². The van der Waals surface area contributed by atoms with Gasteiger partial charge >= 0.3 is 0 Å². The van der Waals surface area contributed by atoms with Crippen molar-refractivity contribution in [3.8, 4) is 0 Å². The van der Waals surface area contributed by atoms with Gasteiger partial charge in [0.25, 0.3) is 0 Å². The molecule has 0 heterocycles. The molecule has 2 aliphatic rings. The first kappa shape index (κ1) is 11.9. The number of rotatable bonds is 4. The summed E-state index contributed by atoms with van der Waals surface area (Å²) in [5, 5.41) is 8.96. The van der Waals surface area contributed by atoms with E-state index in [2.05, 4.69) is 19.6 Å². The van der Waals surface area contributed by atoms with Crippen LogP contribution in [0, 0.1) is 17.3 Å². The number of aliphatic hydroxyl groups excluding tert-OH is 1. The third kappa shape index (κ3) is 1.86. The molecule has 2 bridgehead atoms. The van der Waals surface area contributed by atoms with Gasteiger partial charge in [-0.2, -0.15) is 0 Å². The van der Waals surface area contributed by atoms with Gasteiger partial charge in [-0.1, -0.05) is 30.7 Å². The van der Waals surface area contributed by atoms with Crippen molar-refractivity contribution in [1.29, 1.82) is 0 Å². The molecular formula is C15H24O. The molecule has 2 fully saturated rings. The summed E-state index contributed by atoms with van der Waals surface area (Å²) in [6.07, 6.45) is 8.66. The first-order valence-corrected chi connectivity index (χ1v) is 6.53. The van der Waals surface area contributed by atoms with Crippen molar-refractivity contribution in [1.82, 2.24) is 0 Å². The lowest BCUT2D eigenvalue weighted by Gasteiger charge is -2.36. The fourth-order valence-electron chi connectivity index (χ4n) is 3.65. The van der Waals surface area contributed by atoms with E-state index in [1.54, 1.807) is 0 Å². The highest BCUT2D eigenvalue weighted by Crippen LogP contribution is 2.60. The second-order valence-corrected chi connectivity index (χ2v) is 5.90. The summed E-state index contributed by atoms with van der Waals surface area (Å²) in [7, 11) is 0. The largest absolute Gasteiger partial charge is 0.392 e. The predicted octanol–water partition coefficient (Wildman–Crippen LogP) is 3.70. The minimum absolute atomic E-state index is 0.198. The molecule has 0 spiro atoms. The smallest absolute Gasteiger partial charge is 0.0639 e. The van der Waals surface area contributed by atoms with E-state index in [1.807, 2.05) is 6.92 Å². The molecule has 0 saturated heterocycles. The van der Waals surface area contributed by atoms with Gasteiger partial charge in [-0.3, -0.25) is 0 Å². The van der Waals surface area contributed by atoms with Crippen molar-refractivity contribution in [3.05, 3.63) is 23.8 Å². The predicted molar refractivity (Wildman–Crippen MR) is 68.2 cm³/mol. The number of allylic oxidation sites excluding steroid dienone is 2. The fraction of sp³-hybridized carbons (Fsp3) is 0.733. The Morgan fingerprint density at radius 2 is 2.31 bits per heavy atom. The summed E-state index contributed by atoms with van der Waals surface area (Å²) in [6.45, 7) is 8.94. The molecule has 90 valence electrons. The monoisotopic (exact) mass is 220 g/mol. The second-order valence-electron chi connectivity index (χ2n) is 5.90. The minimum Gasteiger partial charge on any atom is -0.392 e. The van der Waals surface area contributed by atoms with Gasteiger partial charge in [0.05, 0.1) is 6.61 Å². The summed E-state index contributed by atoms with van der Waals surface area (Å²) >= 11 is 0. The molecule has 16 heavy (non-hydrogen) atoms. The molecule has 3 atom stereocenters. The van der Waals surface area contributed by atoms with Crippen LogP contribution < -0.4 is 0 Å². The van der Waals surface area contributed by atoms with Gasteiger partial charge in [0.1, 0.15) is 0 Å². The van der Waals surface area contributed by atoms with E-state index < -0.39 is 0 Å². The van der Waals surface area contributed by atoms with Gasteiger partial charge in [0.2, 0.25) is 0 Å². The molecule has 1 nitrogen and oxygen atoms in total. The van der Waals surface area contributed by atoms with Crippen LogP contribution in [0.5, 0.6) is 0 Å². The van der Waals surface area contributed by atoms with Crippen molar-refractivity contribution in [2.75, 3.05) is 6.61 Å². The molecule has 0 aliphatic heterocycles. The third-order valence-corrected chi connectivity index (χ3v) is 4.97. The van der Waals surface area contributed by atoms with E-state index >= 15 is 0 Å². The summed E-state index contributed by atoms with van der Waals surface area (Å²) < 4.78 is 0. The Morgan fingerprint density at radius 1 is 1.56 bits per heavy atom. The Kier molecular flexibility index (Phi) is 3.25. The maximum Gasteiger partial charge on any atom is 0.0639 e. The minimum atomic E-state index is 0.198. The SMILES string of the molecule is C=C1[C@@H]2CCC(C2)[C@@]1(C)CCC=C(C)CO. The van der Waals surface area contributed by atoms with Crippen molar-refractivity contribution in [3.63, 3.8) is 0 Å². The number of fused-ring (bicyclic) bond motifs is 2. The Morgan fingerprint density at radius 3 is 2.88 bits per heavy atom. The van der Waals surface area contributed by atoms with Crippen molar-refractivity contribution >= 4 is 0 Å². The molecule has 1 heteroatoms. The normalized spacial score (nSPS) is 38.4. The van der Waals surface area contributed by atoms with Crippen LogP contribution in [-0.4, -0.2) is 11.7 Å². The highest BCUT2D eigenvalue weighted by atomic mass is 16.3. The lowest BCUT2D eigenvalue weighted by atomic mass is 9.69. The molecule has 0 aromatic rings. The first-order chi connectivity index (χ1) is 7.58. The van der Waals surface area contributed by atoms with Gasteiger partial charge < -0.3 is 5.11 Å². The van der Waals surface area contributed by atoms with Crippen molar-refractivity contribution in [2.24, 2.45) is 17.3 Å². The van der Waals surface area contributed by atoms with Gasteiger partial charge in [-0.05, 0) is 56.3 Å². The quantitative estimate of drug-likeness (QED) is 0.716. The molecule has 2 saturated carbocycles. The Hall–Kier alpha value is -0.560. The van der Waals surface area contributed by atoms with Crippen LogP contribution in [0.3, 0.4) is 0 Å². The maximum atomic E-state index is 8.96. The maximum absolute atomic E-state index is 8.96. The van der Waals surface area contributed by atoms with Gasteiger partial charge in [0.15, 0.2) is 0 Å². The standard InChI is InChI=1S/C15H24O/c1-11(10-16)5-4-8-15(3)12(2)13-6-7-14(15)9-13/h5,13-14,16H,2,4,6-10H2,1,3H3/t13-,14?,15+/m1/s1. The highest BCUT2D eigenvalue weighted by molar-refractivity contribution is 5.24. The lowest BCUT2D eigenvalue weighted by molar-refractivity contribution is 0.240. The average molecular weight is 220 g/mol. The summed E-state index contributed by atoms with van der Waals surface area (Å²) in [6, 6.07) is 0. The molecule has 1 N–H and O–H groups in total. The Bertz CT molecular complexity index is 315. The zero-order chi connectivity index (χ0) is 11.8. The average Bonchev–Trinajstić information content (AvgIpc) is 2.83. The van der Waals surface area contributed by atoms with Gasteiger partial charge in [0, 0.05) is 0 Å². The van der Waals surface area contributed by atoms with Crippen molar-refractivity contribution in [2.45, 2.75) is 46.0 Å². The third-order valence-electron chi connectivity index (χ3n) is 4.97. The van der Waals surface area contributed by atoms with E-state index in [0.29, 0.717) is 5.41 Å². The molecule has 1 unspecified atom stereocenters. The number of hydrogen-bond donors (Lipinski definition) is 1. The molecule has 0 aromatic carbocycles. The Labute approximate surface area is 99.3 Å². The molecule has 0 aromatic heterocycles. The van der Waals surface area contributed by atoms with Crippen LogP contribution in [0.4, 0.5) is 0 Å². The lowest BCUT2D eigenvalue weighted by Crippen LogP contribution is -2.26. The summed E-state index contributed by atoms with van der Waals surface area (Å²) in [4.78, 5) is 0. The first-order valence-electron chi connectivity index (χ1n) is 6.53. The van der Waals surface area contributed by atoms with Crippen LogP contribution in [0.2, 0.25) is 0 Å². The van der Waals surface area contributed by atoms with E-state index in [9.17, 15) is 0 Å². The Balaban J connectivity index is 1.96. The molecule has 0 amide bonds. The van der Waals surface area contributed by atoms with E-state index in [0.717, 1.165) is 23.8 Å². The van der Waals surface area contributed by atoms with Gasteiger partial charge in [-0.15, -0.1) is 0 Å². The zero-order valence-electron chi connectivity index (χ0n) is 10.6. The second kappa shape index (κ2) is 4.37. The van der Waals surface area contributed by atoms with E-state index in [-0.39, 0.29) is 6.61 Å². The molecule has 2 rings (SSSR count). The van der Waals surface area contributed by atoms with Crippen LogP contribution in [-0.2, 0) is 0 Å². The van der Waals surface area contributed by atoms with Gasteiger partial charge in [-0.25, -0.2) is 0 Å². The van der Waals surface area contributed by atoms with E-state index in [1.165, 1.54) is 31.3 Å². The van der Waals surface area contributed by atoms with Crippen LogP contribution in [0.25, 0.3) is 0 Å². The zero-order valence-corrected chi connectivity index (χ0v) is 10.6. The van der Waals surface area contributed by atoms with Crippen LogP contribution in [0.15, 0.2) is 23.8 Å². The van der Waals surface area contributed by atoms with E-state index in [4.69, 9.17) is 5.11 Å². The van der Waals surface area contributed by atoms with Crippen molar-refractivity contribution < 1.29 is 5.11 Å². The molecule has 2 aliphatic carbocycles. The summed E-state index contributed by atoms with van der Waals surface area (Å²) in [5.41, 5.74) is 2.99.